The van der Waals surface area contributed by atoms with Crippen molar-refractivity contribution in [2.45, 2.75) is 25.1 Å². The van der Waals surface area contributed by atoms with Crippen LogP contribution in [0.1, 0.15) is 28.9 Å². The third-order valence-electron chi connectivity index (χ3n) is 5.54. The Morgan fingerprint density at radius 3 is 2.59 bits per heavy atom. The molecule has 0 aliphatic heterocycles. The van der Waals surface area contributed by atoms with E-state index in [0.717, 1.165) is 31.0 Å². The highest BCUT2D eigenvalue weighted by molar-refractivity contribution is 6.07. The lowest BCUT2D eigenvalue weighted by molar-refractivity contribution is -0.141. The molecule has 190 valence electrons. The van der Waals surface area contributed by atoms with Gasteiger partial charge in [0.15, 0.2) is 5.82 Å². The molecule has 3 aromatic heterocycles. The summed E-state index contributed by atoms with van der Waals surface area (Å²) in [7, 11) is 0. The molecule has 1 fully saturated rings. The molecule has 0 spiro atoms. The van der Waals surface area contributed by atoms with Gasteiger partial charge in [-0.1, -0.05) is 6.07 Å². The van der Waals surface area contributed by atoms with Crippen molar-refractivity contribution in [3.8, 4) is 11.1 Å². The van der Waals surface area contributed by atoms with E-state index in [2.05, 4.69) is 31.0 Å². The van der Waals surface area contributed by atoms with E-state index < -0.39 is 29.6 Å². The van der Waals surface area contributed by atoms with Crippen molar-refractivity contribution >= 4 is 34.8 Å². The smallest absolute Gasteiger partial charge is 0.382 e. The van der Waals surface area contributed by atoms with Gasteiger partial charge in [-0.3, -0.25) is 10.1 Å². The number of nitrogens with one attached hydrogen (secondary N) is 3. The number of fused-ring (bicyclic) bond motifs is 1. The number of carbonyl (C=O) groups is 2. The maximum Gasteiger partial charge on any atom is 0.433 e. The molecular formula is C23H18F4N8O2. The highest BCUT2D eigenvalue weighted by Gasteiger charge is 2.32. The van der Waals surface area contributed by atoms with Crippen molar-refractivity contribution in [3.05, 3.63) is 66.0 Å². The number of anilines is 3. The van der Waals surface area contributed by atoms with Gasteiger partial charge in [0, 0.05) is 29.1 Å². The third-order valence-corrected chi connectivity index (χ3v) is 5.54. The van der Waals surface area contributed by atoms with E-state index in [4.69, 9.17) is 5.73 Å². The van der Waals surface area contributed by atoms with Gasteiger partial charge in [-0.05, 0) is 43.2 Å². The van der Waals surface area contributed by atoms with E-state index in [1.54, 1.807) is 0 Å². The number of hydrogen-bond donors (Lipinski definition) is 4. The Hall–Kier alpha value is -4.75. The number of halogens is 4. The number of urea groups is 1. The van der Waals surface area contributed by atoms with E-state index in [1.807, 2.05) is 0 Å². The lowest BCUT2D eigenvalue weighted by Gasteiger charge is -2.11. The highest BCUT2D eigenvalue weighted by atomic mass is 19.4. The Balaban J connectivity index is 1.42. The molecule has 3 amide bonds. The van der Waals surface area contributed by atoms with Crippen LogP contribution >= 0.6 is 0 Å². The van der Waals surface area contributed by atoms with Crippen LogP contribution in [0.3, 0.4) is 0 Å². The Morgan fingerprint density at radius 1 is 1.11 bits per heavy atom. The molecule has 37 heavy (non-hydrogen) atoms. The number of carbonyl (C=O) groups excluding carboxylic acids is 2. The number of benzene rings is 1. The zero-order valence-electron chi connectivity index (χ0n) is 18.8. The van der Waals surface area contributed by atoms with E-state index in [9.17, 15) is 22.8 Å². The number of amides is 3. The molecule has 0 bridgehead atoms. The summed E-state index contributed by atoms with van der Waals surface area (Å²) in [5, 5.41) is 11.4. The van der Waals surface area contributed by atoms with E-state index >= 15 is 4.39 Å². The van der Waals surface area contributed by atoms with Crippen molar-refractivity contribution in [1.82, 2.24) is 24.9 Å². The van der Waals surface area contributed by atoms with Gasteiger partial charge in [-0.25, -0.2) is 23.7 Å². The van der Waals surface area contributed by atoms with Crippen LogP contribution < -0.4 is 21.7 Å². The number of nitrogens with two attached hydrogens (primary N) is 1. The summed E-state index contributed by atoms with van der Waals surface area (Å²) in [6, 6.07) is 5.85. The SMILES string of the molecule is Nc1ncnn2cc(C(=O)NC3CC3)c(-c3ccc(NC(=O)Nc4cccc(C(F)(F)F)n4)cc3F)c12. The normalized spacial score (nSPS) is 13.4. The molecule has 1 aliphatic rings. The first kappa shape index (κ1) is 24.0. The molecule has 4 aromatic rings. The van der Waals surface area contributed by atoms with Gasteiger partial charge in [-0.2, -0.15) is 18.3 Å². The highest BCUT2D eigenvalue weighted by Crippen LogP contribution is 2.35. The summed E-state index contributed by atoms with van der Waals surface area (Å²) in [6.45, 7) is 0. The molecule has 0 saturated heterocycles. The molecule has 3 heterocycles. The second-order valence-electron chi connectivity index (χ2n) is 8.28. The van der Waals surface area contributed by atoms with Gasteiger partial charge in [0.05, 0.1) is 5.56 Å². The zero-order chi connectivity index (χ0) is 26.3. The van der Waals surface area contributed by atoms with Crippen LogP contribution in [-0.2, 0) is 6.18 Å². The standard InChI is InChI=1S/C23H18F4N8O2/c24-15-8-12(32-22(37)34-17-3-1-2-16(33-17)23(25,26)27)6-7-13(15)18-14(21(36)31-11-4-5-11)9-35-19(18)20(28)29-10-30-35/h1-3,6-11H,4-5H2,(H,31,36)(H2,28,29,30)(H2,32,33,34,37). The molecule has 5 rings (SSSR count). The second-order valence-corrected chi connectivity index (χ2v) is 8.28. The summed E-state index contributed by atoms with van der Waals surface area (Å²) >= 11 is 0. The van der Waals surface area contributed by atoms with Crippen LogP contribution in [0.15, 0.2) is 48.9 Å². The minimum atomic E-state index is -4.68. The van der Waals surface area contributed by atoms with Crippen LogP contribution in [-0.4, -0.2) is 37.6 Å². The molecule has 14 heteroatoms. The number of rotatable bonds is 5. The summed E-state index contributed by atoms with van der Waals surface area (Å²) in [6.07, 6.45) is -0.344. The minimum absolute atomic E-state index is 0.00226. The van der Waals surface area contributed by atoms with Crippen molar-refractivity contribution in [2.24, 2.45) is 0 Å². The number of hydrogen-bond acceptors (Lipinski definition) is 6. The van der Waals surface area contributed by atoms with E-state index in [0.29, 0.717) is 0 Å². The maximum absolute atomic E-state index is 15.3. The topological polar surface area (TPSA) is 139 Å². The van der Waals surface area contributed by atoms with Crippen LogP contribution in [0.2, 0.25) is 0 Å². The Labute approximate surface area is 205 Å². The van der Waals surface area contributed by atoms with Gasteiger partial charge in [0.2, 0.25) is 0 Å². The fourth-order valence-electron chi connectivity index (χ4n) is 3.71. The molecule has 0 radical (unpaired) electrons. The van der Waals surface area contributed by atoms with Crippen LogP contribution in [0.25, 0.3) is 16.6 Å². The van der Waals surface area contributed by atoms with Crippen molar-refractivity contribution in [3.63, 3.8) is 0 Å². The molecule has 10 nitrogen and oxygen atoms in total. The Bertz CT molecular complexity index is 1530. The monoisotopic (exact) mass is 514 g/mol. The largest absolute Gasteiger partial charge is 0.433 e. The molecule has 1 aromatic carbocycles. The Morgan fingerprint density at radius 2 is 1.89 bits per heavy atom. The molecule has 0 unspecified atom stereocenters. The predicted octanol–water partition coefficient (Wildman–Crippen LogP) is 4.07. The second kappa shape index (κ2) is 9.04. The predicted molar refractivity (Wildman–Crippen MR) is 125 cm³/mol. The van der Waals surface area contributed by atoms with Gasteiger partial charge < -0.3 is 16.4 Å². The average Bonchev–Trinajstić information content (AvgIpc) is 3.55. The summed E-state index contributed by atoms with van der Waals surface area (Å²) < 4.78 is 55.2. The lowest BCUT2D eigenvalue weighted by Crippen LogP contribution is -2.25. The average molecular weight is 514 g/mol. The van der Waals surface area contributed by atoms with Gasteiger partial charge >= 0.3 is 12.2 Å². The van der Waals surface area contributed by atoms with Crippen LogP contribution in [0, 0.1) is 5.82 Å². The molecular weight excluding hydrogens is 496 g/mol. The zero-order valence-corrected chi connectivity index (χ0v) is 18.8. The van der Waals surface area contributed by atoms with Crippen molar-refractivity contribution in [1.29, 1.82) is 0 Å². The van der Waals surface area contributed by atoms with Crippen LogP contribution in [0.5, 0.6) is 0 Å². The number of pyridine rings is 1. The minimum Gasteiger partial charge on any atom is -0.382 e. The van der Waals surface area contributed by atoms with Gasteiger partial charge in [0.1, 0.15) is 29.2 Å². The molecule has 5 N–H and O–H groups in total. The molecule has 0 atom stereocenters. The number of aromatic nitrogens is 4. The van der Waals surface area contributed by atoms with Crippen LogP contribution in [0.4, 0.5) is 39.7 Å². The summed E-state index contributed by atoms with van der Waals surface area (Å²) in [5.74, 6) is -1.53. The number of nitrogens with zero attached hydrogens (tertiary/aromatic N) is 4. The fraction of sp³-hybridized carbons (Fsp3) is 0.174. The van der Waals surface area contributed by atoms with Crippen molar-refractivity contribution in [2.75, 3.05) is 16.4 Å². The maximum atomic E-state index is 15.3. The summed E-state index contributed by atoms with van der Waals surface area (Å²) in [5.41, 5.74) is 5.40. The number of nitrogen functional groups attached to an aromatic ring is 1. The third kappa shape index (κ3) is 4.98. The van der Waals surface area contributed by atoms with Gasteiger partial charge in [-0.15, -0.1) is 0 Å². The quantitative estimate of drug-likeness (QED) is 0.296. The first-order chi connectivity index (χ1) is 17.6. The summed E-state index contributed by atoms with van der Waals surface area (Å²) in [4.78, 5) is 32.4. The van der Waals surface area contributed by atoms with E-state index in [-0.39, 0.29) is 45.6 Å². The van der Waals surface area contributed by atoms with Gasteiger partial charge in [0.25, 0.3) is 5.91 Å². The molecule has 1 aliphatic carbocycles. The lowest BCUT2D eigenvalue weighted by atomic mass is 10.0. The number of alkyl halides is 3. The molecule has 1 saturated carbocycles. The first-order valence-corrected chi connectivity index (χ1v) is 10.9. The fourth-order valence-corrected chi connectivity index (χ4v) is 3.71. The van der Waals surface area contributed by atoms with E-state index in [1.165, 1.54) is 35.2 Å². The first-order valence-electron chi connectivity index (χ1n) is 10.9. The van der Waals surface area contributed by atoms with Crippen molar-refractivity contribution < 1.29 is 27.2 Å². The Kier molecular flexibility index (Phi) is 5.85.